The summed E-state index contributed by atoms with van der Waals surface area (Å²) in [5, 5.41) is 6.75. The van der Waals surface area contributed by atoms with Crippen LogP contribution in [-0.4, -0.2) is 11.0 Å². The zero-order valence-corrected chi connectivity index (χ0v) is 16.3. The van der Waals surface area contributed by atoms with Crippen LogP contribution in [0.3, 0.4) is 0 Å². The molecule has 1 saturated carbocycles. The number of nitrogens with one attached hydrogen (secondary N) is 2. The number of carbonyl (C=O) groups excluding carboxylic acids is 1. The highest BCUT2D eigenvalue weighted by Crippen LogP contribution is 2.46. The van der Waals surface area contributed by atoms with Crippen LogP contribution < -0.4 is 15.4 Å². The van der Waals surface area contributed by atoms with Gasteiger partial charge in [-0.3, -0.25) is 4.98 Å². The molecule has 0 saturated heterocycles. The van der Waals surface area contributed by atoms with E-state index >= 15 is 0 Å². The molecule has 0 radical (unpaired) electrons. The molecule has 7 heteroatoms. The number of halogens is 2. The minimum absolute atomic E-state index is 0.321. The van der Waals surface area contributed by atoms with Gasteiger partial charge in [-0.1, -0.05) is 35.3 Å². The van der Waals surface area contributed by atoms with Crippen LogP contribution in [-0.2, 0) is 5.54 Å². The maximum atomic E-state index is 12.5. The van der Waals surface area contributed by atoms with E-state index in [2.05, 4.69) is 15.6 Å². The van der Waals surface area contributed by atoms with Crippen LogP contribution in [0, 0.1) is 0 Å². The van der Waals surface area contributed by atoms with E-state index in [4.69, 9.17) is 27.9 Å². The van der Waals surface area contributed by atoms with Crippen LogP contribution >= 0.6 is 23.2 Å². The van der Waals surface area contributed by atoms with Crippen molar-refractivity contribution in [3.63, 3.8) is 0 Å². The average molecular weight is 414 g/mol. The van der Waals surface area contributed by atoms with E-state index < -0.39 is 0 Å². The third kappa shape index (κ3) is 4.21. The first-order valence-corrected chi connectivity index (χ1v) is 9.52. The van der Waals surface area contributed by atoms with Crippen LogP contribution in [0.15, 0.2) is 67.0 Å². The molecule has 5 nitrogen and oxygen atoms in total. The predicted molar refractivity (Wildman–Crippen MR) is 110 cm³/mol. The summed E-state index contributed by atoms with van der Waals surface area (Å²) in [6.07, 6.45) is 5.09. The molecular formula is C21H17Cl2N3O2. The molecule has 0 unspecified atom stereocenters. The maximum absolute atomic E-state index is 12.5. The van der Waals surface area contributed by atoms with E-state index in [0.717, 1.165) is 29.9 Å². The van der Waals surface area contributed by atoms with Gasteiger partial charge in [0.25, 0.3) is 0 Å². The number of hydrogen-bond acceptors (Lipinski definition) is 3. The number of benzene rings is 2. The van der Waals surface area contributed by atoms with Crippen LogP contribution in [0.2, 0.25) is 10.0 Å². The Kier molecular flexibility index (Phi) is 5.11. The van der Waals surface area contributed by atoms with E-state index in [0.29, 0.717) is 15.7 Å². The Morgan fingerprint density at radius 2 is 1.64 bits per heavy atom. The molecule has 4 rings (SSSR count). The van der Waals surface area contributed by atoms with Crippen molar-refractivity contribution in [2.24, 2.45) is 0 Å². The quantitative estimate of drug-likeness (QED) is 0.539. The lowest BCUT2D eigenvalue weighted by Crippen LogP contribution is -2.38. The standard InChI is InChI=1S/C21H17Cl2N3O2/c22-15-3-6-18(23)19(13-15)25-20(27)26-21(9-10-21)14-1-4-16(5-2-14)28-17-7-11-24-12-8-17/h1-8,11-13H,9-10H2,(H2,25,26,27). The Bertz CT molecular complexity index is 990. The molecule has 1 aliphatic carbocycles. The fourth-order valence-corrected chi connectivity index (χ4v) is 3.30. The number of rotatable bonds is 5. The first-order chi connectivity index (χ1) is 13.5. The highest BCUT2D eigenvalue weighted by molar-refractivity contribution is 6.35. The average Bonchev–Trinajstić information content (AvgIpc) is 3.46. The van der Waals surface area contributed by atoms with Gasteiger partial charge in [0.1, 0.15) is 11.5 Å². The van der Waals surface area contributed by atoms with Crippen molar-refractivity contribution in [3.8, 4) is 11.5 Å². The number of ether oxygens (including phenoxy) is 1. The van der Waals surface area contributed by atoms with Crippen molar-refractivity contribution >= 4 is 34.9 Å². The molecule has 0 bridgehead atoms. The highest BCUT2D eigenvalue weighted by Gasteiger charge is 2.45. The topological polar surface area (TPSA) is 63.2 Å². The van der Waals surface area contributed by atoms with Crippen molar-refractivity contribution in [1.82, 2.24) is 10.3 Å². The minimum atomic E-state index is -0.371. The van der Waals surface area contributed by atoms with Crippen LogP contribution in [0.25, 0.3) is 0 Å². The van der Waals surface area contributed by atoms with Crippen molar-refractivity contribution in [1.29, 1.82) is 0 Å². The molecular weight excluding hydrogens is 397 g/mol. The van der Waals surface area contributed by atoms with Gasteiger partial charge in [0.05, 0.1) is 16.2 Å². The number of anilines is 1. The predicted octanol–water partition coefficient (Wildman–Crippen LogP) is 5.99. The van der Waals surface area contributed by atoms with Gasteiger partial charge in [-0.15, -0.1) is 0 Å². The third-order valence-corrected chi connectivity index (χ3v) is 5.14. The van der Waals surface area contributed by atoms with Gasteiger partial charge in [-0.2, -0.15) is 0 Å². The van der Waals surface area contributed by atoms with E-state index in [1.807, 2.05) is 24.3 Å². The van der Waals surface area contributed by atoms with Gasteiger partial charge in [0.2, 0.25) is 0 Å². The number of hydrogen-bond donors (Lipinski definition) is 2. The molecule has 1 heterocycles. The number of pyridine rings is 1. The maximum Gasteiger partial charge on any atom is 0.319 e. The molecule has 0 spiro atoms. The largest absolute Gasteiger partial charge is 0.457 e. The zero-order valence-electron chi connectivity index (χ0n) is 14.8. The lowest BCUT2D eigenvalue weighted by molar-refractivity contribution is 0.247. The summed E-state index contributed by atoms with van der Waals surface area (Å²) in [7, 11) is 0. The summed E-state index contributed by atoms with van der Waals surface area (Å²) in [6.45, 7) is 0. The molecule has 142 valence electrons. The van der Waals surface area contributed by atoms with E-state index in [-0.39, 0.29) is 11.6 Å². The Labute approximate surface area is 172 Å². The fraction of sp³-hybridized carbons (Fsp3) is 0.143. The van der Waals surface area contributed by atoms with Crippen LogP contribution in [0.4, 0.5) is 10.5 Å². The van der Waals surface area contributed by atoms with Crippen molar-refractivity contribution in [3.05, 3.63) is 82.6 Å². The van der Waals surface area contributed by atoms with Gasteiger partial charge in [-0.25, -0.2) is 4.79 Å². The van der Waals surface area contributed by atoms with Crippen molar-refractivity contribution < 1.29 is 9.53 Å². The minimum Gasteiger partial charge on any atom is -0.457 e. The SMILES string of the molecule is O=C(Nc1cc(Cl)ccc1Cl)NC1(c2ccc(Oc3ccncc3)cc2)CC1. The first kappa shape index (κ1) is 18.6. The lowest BCUT2D eigenvalue weighted by atomic mass is 10.1. The summed E-state index contributed by atoms with van der Waals surface area (Å²) in [6, 6.07) is 15.9. The van der Waals surface area contributed by atoms with E-state index in [1.165, 1.54) is 0 Å². The number of urea groups is 1. The third-order valence-electron chi connectivity index (χ3n) is 4.57. The highest BCUT2D eigenvalue weighted by atomic mass is 35.5. The molecule has 28 heavy (non-hydrogen) atoms. The normalized spacial score (nSPS) is 14.2. The summed E-state index contributed by atoms with van der Waals surface area (Å²) in [5.74, 6) is 1.45. The molecule has 1 aliphatic rings. The summed E-state index contributed by atoms with van der Waals surface area (Å²) >= 11 is 12.1. The molecule has 2 aromatic carbocycles. The smallest absolute Gasteiger partial charge is 0.319 e. The first-order valence-electron chi connectivity index (χ1n) is 8.77. The number of amides is 2. The molecule has 2 N–H and O–H groups in total. The van der Waals surface area contributed by atoms with E-state index in [9.17, 15) is 4.79 Å². The second-order valence-electron chi connectivity index (χ2n) is 6.59. The molecule has 0 atom stereocenters. The number of aromatic nitrogens is 1. The summed E-state index contributed by atoms with van der Waals surface area (Å²) in [5.41, 5.74) is 1.13. The van der Waals surface area contributed by atoms with Gasteiger partial charge in [0.15, 0.2) is 0 Å². The Hall–Kier alpha value is -2.76. The van der Waals surface area contributed by atoms with Gasteiger partial charge >= 0.3 is 6.03 Å². The van der Waals surface area contributed by atoms with Gasteiger partial charge < -0.3 is 15.4 Å². The summed E-state index contributed by atoms with van der Waals surface area (Å²) < 4.78 is 5.78. The van der Waals surface area contributed by atoms with Crippen LogP contribution in [0.5, 0.6) is 11.5 Å². The Morgan fingerprint density at radius 3 is 2.32 bits per heavy atom. The molecule has 3 aromatic rings. The summed E-state index contributed by atoms with van der Waals surface area (Å²) in [4.78, 5) is 16.4. The molecule has 1 fully saturated rings. The second-order valence-corrected chi connectivity index (χ2v) is 7.44. The fourth-order valence-electron chi connectivity index (χ4n) is 2.96. The Balaban J connectivity index is 1.42. The Morgan fingerprint density at radius 1 is 0.964 bits per heavy atom. The molecule has 0 aliphatic heterocycles. The van der Waals surface area contributed by atoms with Crippen molar-refractivity contribution in [2.75, 3.05) is 5.32 Å². The second kappa shape index (κ2) is 7.70. The van der Waals surface area contributed by atoms with Crippen LogP contribution in [0.1, 0.15) is 18.4 Å². The molecule has 2 amide bonds. The zero-order chi connectivity index (χ0) is 19.6. The monoisotopic (exact) mass is 413 g/mol. The molecule has 1 aromatic heterocycles. The number of carbonyl (C=O) groups is 1. The lowest BCUT2D eigenvalue weighted by Gasteiger charge is -2.19. The van der Waals surface area contributed by atoms with Crippen molar-refractivity contribution in [2.45, 2.75) is 18.4 Å². The van der Waals surface area contributed by atoms with E-state index in [1.54, 1.807) is 42.7 Å². The van der Waals surface area contributed by atoms with Gasteiger partial charge in [-0.05, 0) is 60.9 Å². The number of nitrogens with zero attached hydrogens (tertiary/aromatic N) is 1. The van der Waals surface area contributed by atoms with Gasteiger partial charge in [0, 0.05) is 17.4 Å².